The van der Waals surface area contributed by atoms with Crippen molar-refractivity contribution in [1.29, 1.82) is 0 Å². The highest BCUT2D eigenvalue weighted by atomic mass is 16.6. The molecule has 44 heavy (non-hydrogen) atoms. The highest BCUT2D eigenvalue weighted by Gasteiger charge is 2.38. The number of ether oxygens (including phenoxy) is 3. The smallest absolute Gasteiger partial charge is 0.143 e. The predicted octanol–water partition coefficient (Wildman–Crippen LogP) is 11.3. The number of hydrogen-bond acceptors (Lipinski definition) is 3. The van der Waals surface area contributed by atoms with Crippen LogP contribution in [-0.4, -0.2) is 33.0 Å². The molecule has 0 spiro atoms. The molecular weight excluding hydrogens is 540 g/mol. The summed E-state index contributed by atoms with van der Waals surface area (Å²) >= 11 is 0. The lowest BCUT2D eigenvalue weighted by Gasteiger charge is -2.37. The number of benzene rings is 3. The Labute approximate surface area is 269 Å². The molecule has 0 aliphatic carbocycles. The van der Waals surface area contributed by atoms with E-state index in [9.17, 15) is 0 Å². The van der Waals surface area contributed by atoms with E-state index in [1.165, 1.54) is 96.3 Å². The van der Waals surface area contributed by atoms with Crippen molar-refractivity contribution in [2.45, 2.75) is 121 Å². The zero-order valence-corrected chi connectivity index (χ0v) is 27.9. The molecule has 1 unspecified atom stereocenters. The van der Waals surface area contributed by atoms with Gasteiger partial charge in [-0.05, 0) is 23.1 Å². The van der Waals surface area contributed by atoms with Gasteiger partial charge in [0.05, 0.1) is 13.2 Å². The van der Waals surface area contributed by atoms with Gasteiger partial charge in [0.25, 0.3) is 0 Å². The second kappa shape index (κ2) is 23.0. The third kappa shape index (κ3) is 12.9. The summed E-state index contributed by atoms with van der Waals surface area (Å²) in [7, 11) is 1.75. The van der Waals surface area contributed by atoms with E-state index in [1.807, 2.05) is 0 Å². The van der Waals surface area contributed by atoms with Gasteiger partial charge in [0, 0.05) is 13.7 Å². The lowest BCUT2D eigenvalue weighted by Crippen LogP contribution is -2.37. The third-order valence-electron chi connectivity index (χ3n) is 8.81. The van der Waals surface area contributed by atoms with Crippen LogP contribution < -0.4 is 0 Å². The van der Waals surface area contributed by atoms with Crippen LogP contribution in [0.1, 0.15) is 126 Å². The molecule has 0 saturated heterocycles. The molecule has 0 radical (unpaired) electrons. The molecule has 3 heteroatoms. The minimum atomic E-state index is -0.742. The van der Waals surface area contributed by atoms with Gasteiger partial charge in [0.2, 0.25) is 0 Å². The molecule has 0 aliphatic heterocycles. The first-order chi connectivity index (χ1) is 21.8. The molecule has 3 nitrogen and oxygen atoms in total. The molecule has 0 heterocycles. The molecule has 0 aromatic heterocycles. The Balaban J connectivity index is 1.34. The fourth-order valence-electron chi connectivity index (χ4n) is 6.14. The fourth-order valence-corrected chi connectivity index (χ4v) is 6.14. The first-order valence-corrected chi connectivity index (χ1v) is 17.7. The first-order valence-electron chi connectivity index (χ1n) is 17.7. The number of methoxy groups -OCH3 is 1. The van der Waals surface area contributed by atoms with Crippen molar-refractivity contribution in [3.63, 3.8) is 0 Å². The molecule has 3 aromatic carbocycles. The maximum absolute atomic E-state index is 6.92. The van der Waals surface area contributed by atoms with E-state index in [1.54, 1.807) is 7.11 Å². The van der Waals surface area contributed by atoms with Crippen molar-refractivity contribution in [3.05, 3.63) is 108 Å². The summed E-state index contributed by atoms with van der Waals surface area (Å²) in [5.41, 5.74) is 2.55. The summed E-state index contributed by atoms with van der Waals surface area (Å²) in [6.07, 6.45) is 21.9. The van der Waals surface area contributed by atoms with Gasteiger partial charge in [-0.25, -0.2) is 0 Å². The van der Waals surface area contributed by atoms with Crippen molar-refractivity contribution in [2.75, 3.05) is 26.9 Å². The van der Waals surface area contributed by atoms with Crippen molar-refractivity contribution >= 4 is 0 Å². The normalized spacial score (nSPS) is 12.4. The van der Waals surface area contributed by atoms with Crippen LogP contribution >= 0.6 is 0 Å². The van der Waals surface area contributed by atoms with E-state index in [4.69, 9.17) is 14.2 Å². The molecule has 0 N–H and O–H groups in total. The second-order valence-electron chi connectivity index (χ2n) is 12.3. The molecule has 242 valence electrons. The quantitative estimate of drug-likeness (QED) is 0.0677. The zero-order chi connectivity index (χ0) is 31.0. The standard InChI is InChI=1S/C41H60O3/c1-3-4-5-6-7-8-9-10-11-12-13-14-15-16-17-27-34-43-35-40(42-2)36-44-41(37-28-21-18-22-29-37,38-30-23-19-24-31-38)39-32-25-20-26-33-39/h18-26,28-33,40H,3-17,27,34-36H2,1-2H3. The summed E-state index contributed by atoms with van der Waals surface area (Å²) in [6.45, 7) is 4.03. The van der Waals surface area contributed by atoms with Crippen LogP contribution in [0.15, 0.2) is 91.0 Å². The van der Waals surface area contributed by atoms with Crippen LogP contribution in [0.5, 0.6) is 0 Å². The van der Waals surface area contributed by atoms with E-state index >= 15 is 0 Å². The van der Waals surface area contributed by atoms with Crippen molar-refractivity contribution in [3.8, 4) is 0 Å². The van der Waals surface area contributed by atoms with E-state index in [-0.39, 0.29) is 6.10 Å². The van der Waals surface area contributed by atoms with Gasteiger partial charge < -0.3 is 14.2 Å². The van der Waals surface area contributed by atoms with Gasteiger partial charge in [-0.1, -0.05) is 194 Å². The van der Waals surface area contributed by atoms with E-state index in [2.05, 4.69) is 97.9 Å². The second-order valence-corrected chi connectivity index (χ2v) is 12.3. The SMILES string of the molecule is CCCCCCCCCCCCCCCCCCOCC(COC(c1ccccc1)(c1ccccc1)c1ccccc1)OC. The average Bonchev–Trinajstić information content (AvgIpc) is 3.08. The molecule has 0 fully saturated rings. The Morgan fingerprint density at radius 1 is 0.477 bits per heavy atom. The summed E-state index contributed by atoms with van der Waals surface area (Å²) in [4.78, 5) is 0. The Morgan fingerprint density at radius 3 is 1.20 bits per heavy atom. The Hall–Kier alpha value is -2.46. The van der Waals surface area contributed by atoms with Crippen LogP contribution in [-0.2, 0) is 19.8 Å². The molecule has 0 amide bonds. The maximum atomic E-state index is 6.92. The number of hydrogen-bond donors (Lipinski definition) is 0. The molecule has 3 aromatic rings. The van der Waals surface area contributed by atoms with Crippen LogP contribution in [0.25, 0.3) is 0 Å². The molecular formula is C41H60O3. The Bertz CT molecular complexity index is 956. The van der Waals surface area contributed by atoms with Crippen LogP contribution in [0.2, 0.25) is 0 Å². The minimum Gasteiger partial charge on any atom is -0.379 e. The van der Waals surface area contributed by atoms with Gasteiger partial charge in [0.1, 0.15) is 11.7 Å². The van der Waals surface area contributed by atoms with Crippen LogP contribution in [0, 0.1) is 0 Å². The molecule has 3 rings (SSSR count). The van der Waals surface area contributed by atoms with Crippen LogP contribution in [0.4, 0.5) is 0 Å². The number of rotatable bonds is 26. The summed E-state index contributed by atoms with van der Waals surface area (Å²) in [5.74, 6) is 0. The lowest BCUT2D eigenvalue weighted by atomic mass is 9.80. The van der Waals surface area contributed by atoms with Gasteiger partial charge in [-0.2, -0.15) is 0 Å². The zero-order valence-electron chi connectivity index (χ0n) is 27.9. The van der Waals surface area contributed by atoms with Crippen LogP contribution in [0.3, 0.4) is 0 Å². The maximum Gasteiger partial charge on any atom is 0.143 e. The average molecular weight is 601 g/mol. The highest BCUT2D eigenvalue weighted by Crippen LogP contribution is 2.40. The van der Waals surface area contributed by atoms with E-state index in [0.29, 0.717) is 13.2 Å². The Morgan fingerprint density at radius 2 is 0.841 bits per heavy atom. The van der Waals surface area contributed by atoms with Crippen molar-refractivity contribution < 1.29 is 14.2 Å². The monoisotopic (exact) mass is 600 g/mol. The molecule has 0 aliphatic rings. The third-order valence-corrected chi connectivity index (χ3v) is 8.81. The van der Waals surface area contributed by atoms with Crippen molar-refractivity contribution in [2.24, 2.45) is 0 Å². The first kappa shape index (κ1) is 36.0. The molecule has 0 bridgehead atoms. The highest BCUT2D eigenvalue weighted by molar-refractivity contribution is 5.47. The summed E-state index contributed by atoms with van der Waals surface area (Å²) in [5, 5.41) is 0. The lowest BCUT2D eigenvalue weighted by molar-refractivity contribution is -0.0785. The van der Waals surface area contributed by atoms with Crippen molar-refractivity contribution in [1.82, 2.24) is 0 Å². The molecule has 0 saturated carbocycles. The molecule has 1 atom stereocenters. The Kier molecular flexibility index (Phi) is 18.8. The summed E-state index contributed by atoms with van der Waals surface area (Å²) < 4.78 is 18.8. The van der Waals surface area contributed by atoms with Gasteiger partial charge in [0.15, 0.2) is 0 Å². The minimum absolute atomic E-state index is 0.147. The van der Waals surface area contributed by atoms with Gasteiger partial charge in [-0.3, -0.25) is 0 Å². The van der Waals surface area contributed by atoms with Gasteiger partial charge >= 0.3 is 0 Å². The van der Waals surface area contributed by atoms with Gasteiger partial charge in [-0.15, -0.1) is 0 Å². The number of unbranched alkanes of at least 4 members (excludes halogenated alkanes) is 15. The topological polar surface area (TPSA) is 27.7 Å². The largest absolute Gasteiger partial charge is 0.379 e. The van der Waals surface area contributed by atoms with E-state index < -0.39 is 5.60 Å². The van der Waals surface area contributed by atoms with E-state index in [0.717, 1.165) is 29.7 Å². The fraction of sp³-hybridized carbons (Fsp3) is 0.561. The predicted molar refractivity (Wildman–Crippen MR) is 186 cm³/mol. The summed E-state index contributed by atoms with van der Waals surface area (Å²) in [6, 6.07) is 31.5.